The average molecular weight is 520 g/mol. The molecule has 5 rings (SSSR count). The molecule has 1 N–H and O–H groups in total. The molecule has 38 heavy (non-hydrogen) atoms. The normalized spacial score (nSPS) is 30.8. The molecule has 2 amide bonds. The summed E-state index contributed by atoms with van der Waals surface area (Å²) in [5, 5.41) is 13.3. The predicted molar refractivity (Wildman–Crippen MR) is 149 cm³/mol. The molecule has 2 bridgehead atoms. The number of pyridine rings is 1. The molecule has 4 heterocycles. The highest BCUT2D eigenvalue weighted by atomic mass is 16.2. The van der Waals surface area contributed by atoms with Crippen LogP contribution in [0.4, 0.5) is 5.82 Å². The van der Waals surface area contributed by atoms with Crippen molar-refractivity contribution >= 4 is 17.6 Å². The maximum Gasteiger partial charge on any atom is 0.223 e. The predicted octanol–water partition coefficient (Wildman–Crippen LogP) is 4.62. The fourth-order valence-electron chi connectivity index (χ4n) is 7.43. The Morgan fingerprint density at radius 2 is 1.87 bits per heavy atom. The third-order valence-corrected chi connectivity index (χ3v) is 9.54. The van der Waals surface area contributed by atoms with Gasteiger partial charge in [0, 0.05) is 50.3 Å². The fraction of sp³-hybridized carbons (Fsp3) is 0.742. The maximum absolute atomic E-state index is 13.7. The van der Waals surface area contributed by atoms with Crippen molar-refractivity contribution in [3.05, 3.63) is 22.9 Å². The minimum absolute atomic E-state index is 0.143. The quantitative estimate of drug-likeness (QED) is 0.616. The van der Waals surface area contributed by atoms with E-state index in [0.29, 0.717) is 42.1 Å². The Kier molecular flexibility index (Phi) is 8.26. The molecule has 5 atom stereocenters. The van der Waals surface area contributed by atoms with Crippen molar-refractivity contribution < 1.29 is 9.59 Å². The van der Waals surface area contributed by atoms with Crippen molar-refractivity contribution in [2.45, 2.75) is 103 Å². The molecule has 3 saturated heterocycles. The van der Waals surface area contributed by atoms with Gasteiger partial charge in [0.1, 0.15) is 11.9 Å². The SMILES string of the molecule is CC(C)[C@@H]1CC[C@@H](C)CC(=O)N2C[C@H]3C[C@H](CN(c4nc5c(cc4C#N)CCCC5)C3)[C@@H]2CCCC(=O)N1. The third kappa shape index (κ3) is 5.84. The zero-order valence-electron chi connectivity index (χ0n) is 23.5. The number of aryl methyl sites for hydroxylation is 2. The molecule has 1 aliphatic carbocycles. The van der Waals surface area contributed by atoms with Gasteiger partial charge in [-0.3, -0.25) is 9.59 Å². The smallest absolute Gasteiger partial charge is 0.223 e. The molecular weight excluding hydrogens is 474 g/mol. The van der Waals surface area contributed by atoms with Crippen LogP contribution < -0.4 is 10.2 Å². The lowest BCUT2D eigenvalue weighted by molar-refractivity contribution is -0.139. The first kappa shape index (κ1) is 27.0. The van der Waals surface area contributed by atoms with Crippen LogP contribution in [0.5, 0.6) is 0 Å². The van der Waals surface area contributed by atoms with Crippen LogP contribution >= 0.6 is 0 Å². The van der Waals surface area contributed by atoms with E-state index < -0.39 is 0 Å². The Morgan fingerprint density at radius 1 is 1.05 bits per heavy atom. The standard InChI is InChI=1S/C31H45N5O2/c1-20(2)26-12-11-21(3)13-30(38)36-18-22-14-25(28(36)9-6-10-29(37)33-26)19-35(17-22)31-24(16-32)15-23-7-4-5-8-27(23)34-31/h15,20-22,25-26,28H,4-14,17-19H2,1-3H3,(H,33,37)/t21-,22+,25-,26+,28+/m1/s1. The molecule has 4 aliphatic rings. The Bertz CT molecular complexity index is 1080. The van der Waals surface area contributed by atoms with E-state index in [1.807, 2.05) is 0 Å². The van der Waals surface area contributed by atoms with E-state index in [9.17, 15) is 14.9 Å². The highest BCUT2D eigenvalue weighted by Crippen LogP contribution is 2.39. The molecular formula is C31H45N5O2. The Hall–Kier alpha value is -2.62. The van der Waals surface area contributed by atoms with Crippen molar-refractivity contribution in [1.29, 1.82) is 5.26 Å². The van der Waals surface area contributed by atoms with Crippen LogP contribution in [0, 0.1) is 35.0 Å². The first-order chi connectivity index (χ1) is 18.3. The second-order valence-corrected chi connectivity index (χ2v) is 12.9. The average Bonchev–Trinajstić information content (AvgIpc) is 2.91. The van der Waals surface area contributed by atoms with E-state index in [-0.39, 0.29) is 23.9 Å². The number of hydrogen-bond donors (Lipinski definition) is 1. The first-order valence-electron chi connectivity index (χ1n) is 15.1. The number of aromatic nitrogens is 1. The molecule has 0 aromatic carbocycles. The fourth-order valence-corrected chi connectivity index (χ4v) is 7.43. The van der Waals surface area contributed by atoms with Crippen molar-refractivity contribution in [3.8, 4) is 6.07 Å². The van der Waals surface area contributed by atoms with Gasteiger partial charge in [0.2, 0.25) is 11.8 Å². The summed E-state index contributed by atoms with van der Waals surface area (Å²) >= 11 is 0. The molecule has 206 valence electrons. The summed E-state index contributed by atoms with van der Waals surface area (Å²) in [6, 6.07) is 4.84. The van der Waals surface area contributed by atoms with Crippen LogP contribution in [0.2, 0.25) is 0 Å². The van der Waals surface area contributed by atoms with Crippen molar-refractivity contribution in [1.82, 2.24) is 15.2 Å². The maximum atomic E-state index is 13.7. The third-order valence-electron chi connectivity index (χ3n) is 9.54. The Labute approximate surface area is 228 Å². The van der Waals surface area contributed by atoms with E-state index in [1.165, 1.54) is 24.1 Å². The van der Waals surface area contributed by atoms with Gasteiger partial charge in [-0.1, -0.05) is 20.8 Å². The van der Waals surface area contributed by atoms with Gasteiger partial charge in [0.15, 0.2) is 0 Å². The minimum Gasteiger partial charge on any atom is -0.355 e. The van der Waals surface area contributed by atoms with E-state index in [0.717, 1.165) is 70.4 Å². The second kappa shape index (κ2) is 11.6. The van der Waals surface area contributed by atoms with Crippen LogP contribution in [-0.2, 0) is 22.4 Å². The number of carbonyl (C=O) groups excluding carboxylic acids is 2. The van der Waals surface area contributed by atoms with Gasteiger partial charge in [-0.2, -0.15) is 5.26 Å². The van der Waals surface area contributed by atoms with Gasteiger partial charge in [-0.25, -0.2) is 4.98 Å². The Balaban J connectivity index is 1.37. The molecule has 7 nitrogen and oxygen atoms in total. The van der Waals surface area contributed by atoms with Crippen molar-refractivity contribution in [2.75, 3.05) is 24.5 Å². The summed E-state index contributed by atoms with van der Waals surface area (Å²) < 4.78 is 0. The molecule has 3 aliphatic heterocycles. The van der Waals surface area contributed by atoms with Crippen LogP contribution in [0.3, 0.4) is 0 Å². The number of rotatable bonds is 2. The van der Waals surface area contributed by atoms with Crippen molar-refractivity contribution in [3.63, 3.8) is 0 Å². The van der Waals surface area contributed by atoms with E-state index in [4.69, 9.17) is 4.98 Å². The molecule has 0 radical (unpaired) electrons. The number of nitriles is 1. The first-order valence-corrected chi connectivity index (χ1v) is 15.1. The highest BCUT2D eigenvalue weighted by Gasteiger charge is 2.43. The summed E-state index contributed by atoms with van der Waals surface area (Å²) in [6.07, 6.45) is 10.1. The lowest BCUT2D eigenvalue weighted by Crippen LogP contribution is -2.59. The number of nitrogens with zero attached hydrogens (tertiary/aromatic N) is 4. The summed E-state index contributed by atoms with van der Waals surface area (Å²) in [5.41, 5.74) is 3.10. The largest absolute Gasteiger partial charge is 0.355 e. The summed E-state index contributed by atoms with van der Waals surface area (Å²) in [6.45, 7) is 8.96. The Morgan fingerprint density at radius 3 is 2.66 bits per heavy atom. The number of hydrogen-bond acceptors (Lipinski definition) is 5. The van der Waals surface area contributed by atoms with Gasteiger partial charge in [-0.15, -0.1) is 0 Å². The van der Waals surface area contributed by atoms with E-state index >= 15 is 0 Å². The summed E-state index contributed by atoms with van der Waals surface area (Å²) in [7, 11) is 0. The lowest BCUT2D eigenvalue weighted by Gasteiger charge is -2.51. The van der Waals surface area contributed by atoms with Gasteiger partial charge in [0.25, 0.3) is 0 Å². The van der Waals surface area contributed by atoms with Gasteiger partial charge < -0.3 is 15.1 Å². The molecule has 0 spiro atoms. The number of anilines is 1. The number of amides is 2. The number of carbonyl (C=O) groups is 2. The molecule has 0 unspecified atom stereocenters. The van der Waals surface area contributed by atoms with E-state index in [1.54, 1.807) is 0 Å². The number of piperidine rings is 2. The van der Waals surface area contributed by atoms with Gasteiger partial charge in [0.05, 0.1) is 5.56 Å². The molecule has 1 aromatic rings. The molecule has 1 aromatic heterocycles. The summed E-state index contributed by atoms with van der Waals surface area (Å²) in [5.74, 6) is 2.69. The van der Waals surface area contributed by atoms with E-state index in [2.05, 4.69) is 48.0 Å². The topological polar surface area (TPSA) is 89.3 Å². The number of fused-ring (bicyclic) bond motifs is 5. The minimum atomic E-state index is 0.143. The zero-order valence-corrected chi connectivity index (χ0v) is 23.5. The van der Waals surface area contributed by atoms with Crippen LogP contribution in [0.1, 0.15) is 95.4 Å². The highest BCUT2D eigenvalue weighted by molar-refractivity contribution is 5.77. The van der Waals surface area contributed by atoms with Crippen LogP contribution in [0.25, 0.3) is 0 Å². The zero-order chi connectivity index (χ0) is 26.8. The molecule has 3 fully saturated rings. The lowest BCUT2D eigenvalue weighted by atomic mass is 9.77. The summed E-state index contributed by atoms with van der Waals surface area (Å²) in [4.78, 5) is 36.1. The molecule has 7 heteroatoms. The van der Waals surface area contributed by atoms with Crippen molar-refractivity contribution in [2.24, 2.45) is 23.7 Å². The van der Waals surface area contributed by atoms with Gasteiger partial charge >= 0.3 is 0 Å². The van der Waals surface area contributed by atoms with Gasteiger partial charge in [-0.05, 0) is 93.1 Å². The second-order valence-electron chi connectivity index (χ2n) is 12.9. The monoisotopic (exact) mass is 519 g/mol. The van der Waals surface area contributed by atoms with Crippen LogP contribution in [0.15, 0.2) is 6.07 Å². The van der Waals surface area contributed by atoms with Crippen LogP contribution in [-0.4, -0.2) is 53.4 Å². The number of nitrogens with one attached hydrogen (secondary N) is 1. The molecule has 0 saturated carbocycles.